The molecule has 116 valence electrons. The maximum absolute atomic E-state index is 12.1. The summed E-state index contributed by atoms with van der Waals surface area (Å²) >= 11 is 0. The summed E-state index contributed by atoms with van der Waals surface area (Å²) in [6, 6.07) is 7.78. The van der Waals surface area contributed by atoms with Crippen LogP contribution in [0.1, 0.15) is 25.2 Å². The molecule has 3 N–H and O–H groups in total. The number of para-hydroxylation sites is 2. The van der Waals surface area contributed by atoms with Crippen molar-refractivity contribution in [3.8, 4) is 0 Å². The lowest BCUT2D eigenvalue weighted by atomic mass is 10.1. The minimum Gasteiger partial charge on any atom is -0.346 e. The molecule has 0 saturated carbocycles. The van der Waals surface area contributed by atoms with E-state index in [9.17, 15) is 4.79 Å². The number of benzene rings is 1. The monoisotopic (exact) mass is 330 g/mol. The number of carbonyl (C=O) groups is 1. The summed E-state index contributed by atoms with van der Waals surface area (Å²) in [6.07, 6.45) is 0.915. The van der Waals surface area contributed by atoms with E-state index < -0.39 is 0 Å². The van der Waals surface area contributed by atoms with Crippen LogP contribution in [0.15, 0.2) is 24.3 Å². The van der Waals surface area contributed by atoms with Crippen molar-refractivity contribution in [3.63, 3.8) is 0 Å². The second kappa shape index (κ2) is 7.64. The Bertz CT molecular complexity index is 562. The van der Waals surface area contributed by atoms with Crippen molar-refractivity contribution in [2.45, 2.75) is 19.4 Å². The minimum absolute atomic E-state index is 0. The number of imidazole rings is 1. The number of aromatic amines is 1. The van der Waals surface area contributed by atoms with Gasteiger partial charge in [-0.25, -0.2) is 4.98 Å². The van der Waals surface area contributed by atoms with Gasteiger partial charge in [0.1, 0.15) is 5.82 Å². The first-order valence-corrected chi connectivity index (χ1v) is 6.70. The fourth-order valence-corrected chi connectivity index (χ4v) is 2.46. The van der Waals surface area contributed by atoms with E-state index in [1.54, 1.807) is 0 Å². The molecule has 1 fully saturated rings. The first kappa shape index (κ1) is 17.8. The second-order valence-corrected chi connectivity index (χ2v) is 5.06. The van der Waals surface area contributed by atoms with Crippen LogP contribution < -0.4 is 10.6 Å². The number of carbonyl (C=O) groups excluding carboxylic acids is 1. The van der Waals surface area contributed by atoms with Gasteiger partial charge in [-0.3, -0.25) is 4.79 Å². The van der Waals surface area contributed by atoms with Gasteiger partial charge in [-0.1, -0.05) is 12.1 Å². The third-order valence-electron chi connectivity index (χ3n) is 3.61. The normalized spacial score (nSPS) is 18.6. The quantitative estimate of drug-likeness (QED) is 0.807. The molecule has 0 spiro atoms. The highest BCUT2D eigenvalue weighted by atomic mass is 35.5. The van der Waals surface area contributed by atoms with Crippen molar-refractivity contribution in [1.82, 2.24) is 20.6 Å². The van der Waals surface area contributed by atoms with Crippen molar-refractivity contribution < 1.29 is 4.79 Å². The summed E-state index contributed by atoms with van der Waals surface area (Å²) in [7, 11) is 0. The highest BCUT2D eigenvalue weighted by molar-refractivity contribution is 5.85. The number of halogens is 2. The van der Waals surface area contributed by atoms with E-state index in [0.717, 1.165) is 36.4 Å². The minimum atomic E-state index is -0.0968. The van der Waals surface area contributed by atoms with Crippen LogP contribution in [-0.2, 0) is 4.79 Å². The molecular weight excluding hydrogens is 311 g/mol. The molecule has 0 bridgehead atoms. The van der Waals surface area contributed by atoms with Gasteiger partial charge in [0.15, 0.2) is 0 Å². The lowest BCUT2D eigenvalue weighted by molar-refractivity contribution is -0.125. The Morgan fingerprint density at radius 3 is 2.81 bits per heavy atom. The smallest absolute Gasteiger partial charge is 0.225 e. The van der Waals surface area contributed by atoms with E-state index in [4.69, 9.17) is 0 Å². The highest BCUT2D eigenvalue weighted by Crippen LogP contribution is 2.16. The number of nitrogens with zero attached hydrogens (tertiary/aromatic N) is 1. The van der Waals surface area contributed by atoms with E-state index in [1.807, 2.05) is 31.2 Å². The van der Waals surface area contributed by atoms with Crippen molar-refractivity contribution in [1.29, 1.82) is 0 Å². The van der Waals surface area contributed by atoms with Crippen LogP contribution in [0.5, 0.6) is 0 Å². The molecule has 21 heavy (non-hydrogen) atoms. The predicted octanol–water partition coefficient (Wildman–Crippen LogP) is 2.19. The zero-order valence-electron chi connectivity index (χ0n) is 11.8. The van der Waals surface area contributed by atoms with Crippen LogP contribution in [0.25, 0.3) is 11.0 Å². The first-order chi connectivity index (χ1) is 9.24. The number of hydrogen-bond acceptors (Lipinski definition) is 3. The van der Waals surface area contributed by atoms with E-state index in [2.05, 4.69) is 20.6 Å². The molecular formula is C14H20Cl2N4O. The standard InChI is InChI=1S/C14H18N4O.2ClH/c1-9(16-14(19)10-6-7-15-8-10)13-17-11-4-2-3-5-12(11)18-13;;/h2-5,9-10,15H,6-8H2,1H3,(H,16,19)(H,17,18);2*1H. The Morgan fingerprint density at radius 1 is 1.38 bits per heavy atom. The van der Waals surface area contributed by atoms with Gasteiger partial charge in [-0.05, 0) is 32.0 Å². The molecule has 1 aromatic carbocycles. The molecule has 2 heterocycles. The molecule has 5 nitrogen and oxygen atoms in total. The summed E-state index contributed by atoms with van der Waals surface area (Å²) in [5, 5.41) is 6.23. The number of nitrogens with one attached hydrogen (secondary N) is 3. The van der Waals surface area contributed by atoms with Gasteiger partial charge in [-0.15, -0.1) is 24.8 Å². The fourth-order valence-electron chi connectivity index (χ4n) is 2.46. The maximum atomic E-state index is 12.1. The van der Waals surface area contributed by atoms with Crippen molar-refractivity contribution in [2.24, 2.45) is 5.92 Å². The Kier molecular flexibility index (Phi) is 6.45. The Hall–Kier alpha value is -1.30. The predicted molar refractivity (Wildman–Crippen MR) is 88.1 cm³/mol. The van der Waals surface area contributed by atoms with E-state index in [1.165, 1.54) is 0 Å². The van der Waals surface area contributed by atoms with E-state index >= 15 is 0 Å². The molecule has 2 unspecified atom stereocenters. The number of H-pyrrole nitrogens is 1. The summed E-state index contributed by atoms with van der Waals surface area (Å²) in [5.41, 5.74) is 1.93. The summed E-state index contributed by atoms with van der Waals surface area (Å²) in [4.78, 5) is 19.8. The summed E-state index contributed by atoms with van der Waals surface area (Å²) < 4.78 is 0. The molecule has 2 aromatic rings. The zero-order chi connectivity index (χ0) is 13.2. The molecule has 0 radical (unpaired) electrons. The number of rotatable bonds is 3. The summed E-state index contributed by atoms with van der Waals surface area (Å²) in [6.45, 7) is 3.66. The van der Waals surface area contributed by atoms with Gasteiger partial charge >= 0.3 is 0 Å². The number of amides is 1. The molecule has 1 saturated heterocycles. The van der Waals surface area contributed by atoms with Crippen LogP contribution in [-0.4, -0.2) is 29.0 Å². The van der Waals surface area contributed by atoms with Crippen LogP contribution in [0.4, 0.5) is 0 Å². The van der Waals surface area contributed by atoms with Crippen LogP contribution >= 0.6 is 24.8 Å². The first-order valence-electron chi connectivity index (χ1n) is 6.70. The van der Waals surface area contributed by atoms with Crippen LogP contribution in [0, 0.1) is 5.92 Å². The molecule has 3 rings (SSSR count). The van der Waals surface area contributed by atoms with Crippen molar-refractivity contribution in [2.75, 3.05) is 13.1 Å². The summed E-state index contributed by atoms with van der Waals surface area (Å²) in [5.74, 6) is 1.00. The fraction of sp³-hybridized carbons (Fsp3) is 0.429. The van der Waals surface area contributed by atoms with Crippen molar-refractivity contribution in [3.05, 3.63) is 30.1 Å². The topological polar surface area (TPSA) is 69.8 Å². The Morgan fingerprint density at radius 2 is 2.14 bits per heavy atom. The largest absolute Gasteiger partial charge is 0.346 e. The van der Waals surface area contributed by atoms with Crippen LogP contribution in [0.2, 0.25) is 0 Å². The van der Waals surface area contributed by atoms with Crippen LogP contribution in [0.3, 0.4) is 0 Å². The third kappa shape index (κ3) is 3.87. The van der Waals surface area contributed by atoms with E-state index in [-0.39, 0.29) is 42.7 Å². The second-order valence-electron chi connectivity index (χ2n) is 5.06. The van der Waals surface area contributed by atoms with E-state index in [0.29, 0.717) is 0 Å². The molecule has 1 aromatic heterocycles. The number of aromatic nitrogens is 2. The van der Waals surface area contributed by atoms with Gasteiger partial charge in [0.25, 0.3) is 0 Å². The van der Waals surface area contributed by atoms with Gasteiger partial charge in [0.2, 0.25) is 5.91 Å². The number of fused-ring (bicyclic) bond motifs is 1. The van der Waals surface area contributed by atoms with Crippen molar-refractivity contribution >= 4 is 41.8 Å². The van der Waals surface area contributed by atoms with Gasteiger partial charge in [0.05, 0.1) is 23.0 Å². The highest BCUT2D eigenvalue weighted by Gasteiger charge is 2.24. The molecule has 1 amide bonds. The molecule has 2 atom stereocenters. The molecule has 1 aliphatic rings. The Balaban J connectivity index is 0.00000110. The molecule has 0 aliphatic carbocycles. The zero-order valence-corrected chi connectivity index (χ0v) is 13.4. The Labute approximate surface area is 136 Å². The third-order valence-corrected chi connectivity index (χ3v) is 3.61. The lowest BCUT2D eigenvalue weighted by Gasteiger charge is -2.14. The molecule has 7 heteroatoms. The average molecular weight is 331 g/mol. The van der Waals surface area contributed by atoms with Gasteiger partial charge in [0, 0.05) is 6.54 Å². The molecule has 1 aliphatic heterocycles. The maximum Gasteiger partial charge on any atom is 0.225 e. The number of hydrogen-bond donors (Lipinski definition) is 3. The van der Waals surface area contributed by atoms with Gasteiger partial charge in [-0.2, -0.15) is 0 Å². The van der Waals surface area contributed by atoms with Gasteiger partial charge < -0.3 is 15.6 Å². The SMILES string of the molecule is CC(NC(=O)C1CCNC1)c1nc2ccccc2[nH]1.Cl.Cl. The lowest BCUT2D eigenvalue weighted by Crippen LogP contribution is -2.34. The average Bonchev–Trinajstić information content (AvgIpc) is 3.07.